The maximum Gasteiger partial charge on any atom is 0.272 e. The summed E-state index contributed by atoms with van der Waals surface area (Å²) in [6, 6.07) is 15.4. The van der Waals surface area contributed by atoms with Crippen molar-refractivity contribution in [1.82, 2.24) is 20.4 Å². The predicted molar refractivity (Wildman–Crippen MR) is 106 cm³/mol. The summed E-state index contributed by atoms with van der Waals surface area (Å²) in [4.78, 5) is 15.0. The Morgan fingerprint density at radius 3 is 2.58 bits per heavy atom. The van der Waals surface area contributed by atoms with Gasteiger partial charge in [0.1, 0.15) is 0 Å². The Balaban J connectivity index is 1.81. The van der Waals surface area contributed by atoms with Crippen molar-refractivity contribution in [3.8, 4) is 0 Å². The molecule has 6 heteroatoms. The zero-order valence-electron chi connectivity index (χ0n) is 15.0. The number of aromatic nitrogens is 2. The van der Waals surface area contributed by atoms with E-state index >= 15 is 0 Å². The molecule has 3 aromatic rings. The van der Waals surface area contributed by atoms with Crippen LogP contribution in [0.25, 0.3) is 10.9 Å². The second-order valence-corrected chi connectivity index (χ2v) is 6.49. The third-order valence-corrected chi connectivity index (χ3v) is 5.00. The monoisotopic (exact) mass is 370 g/mol. The van der Waals surface area contributed by atoms with Crippen LogP contribution in [0, 0.1) is 0 Å². The summed E-state index contributed by atoms with van der Waals surface area (Å²) < 4.78 is 0. The summed E-state index contributed by atoms with van der Waals surface area (Å²) in [5, 5.41) is 11.6. The Morgan fingerprint density at radius 2 is 1.85 bits per heavy atom. The van der Waals surface area contributed by atoms with Gasteiger partial charge in [0.25, 0.3) is 5.91 Å². The highest BCUT2D eigenvalue weighted by molar-refractivity contribution is 6.31. The van der Waals surface area contributed by atoms with Crippen LogP contribution in [0.15, 0.2) is 48.5 Å². The van der Waals surface area contributed by atoms with Crippen LogP contribution in [0.2, 0.25) is 5.02 Å². The van der Waals surface area contributed by atoms with E-state index < -0.39 is 0 Å². The summed E-state index contributed by atoms with van der Waals surface area (Å²) in [7, 11) is 0. The highest BCUT2D eigenvalue weighted by Gasteiger charge is 2.22. The average Bonchev–Trinajstić information content (AvgIpc) is 3.10. The van der Waals surface area contributed by atoms with Crippen molar-refractivity contribution in [1.29, 1.82) is 0 Å². The zero-order chi connectivity index (χ0) is 18.5. The molecule has 1 heterocycles. The van der Waals surface area contributed by atoms with Gasteiger partial charge in [-0.2, -0.15) is 5.10 Å². The van der Waals surface area contributed by atoms with Gasteiger partial charge >= 0.3 is 0 Å². The maximum atomic E-state index is 12.7. The number of benzene rings is 2. The number of fused-ring (bicyclic) bond motifs is 1. The molecule has 0 aliphatic carbocycles. The number of amides is 1. The van der Waals surface area contributed by atoms with E-state index in [0.29, 0.717) is 17.3 Å². The first kappa shape index (κ1) is 18.4. The molecule has 0 spiro atoms. The van der Waals surface area contributed by atoms with Crippen molar-refractivity contribution >= 4 is 28.4 Å². The lowest BCUT2D eigenvalue weighted by atomic mass is 10.0. The van der Waals surface area contributed by atoms with Crippen molar-refractivity contribution in [2.75, 3.05) is 19.6 Å². The van der Waals surface area contributed by atoms with Crippen LogP contribution in [0.5, 0.6) is 0 Å². The largest absolute Gasteiger partial charge is 0.349 e. The summed E-state index contributed by atoms with van der Waals surface area (Å²) in [5.74, 6) is -0.188. The van der Waals surface area contributed by atoms with Gasteiger partial charge in [-0.3, -0.25) is 14.8 Å². The van der Waals surface area contributed by atoms with Crippen molar-refractivity contribution in [3.63, 3.8) is 0 Å². The smallest absolute Gasteiger partial charge is 0.272 e. The molecular weight excluding hydrogens is 348 g/mol. The molecule has 26 heavy (non-hydrogen) atoms. The van der Waals surface area contributed by atoms with Gasteiger partial charge in [0.15, 0.2) is 5.69 Å². The number of aromatic amines is 1. The molecule has 1 unspecified atom stereocenters. The Bertz CT molecular complexity index is 888. The fourth-order valence-electron chi connectivity index (χ4n) is 3.26. The molecule has 0 fully saturated rings. The van der Waals surface area contributed by atoms with Crippen LogP contribution >= 0.6 is 11.6 Å². The fraction of sp³-hybridized carbons (Fsp3) is 0.300. The molecule has 136 valence electrons. The highest BCUT2D eigenvalue weighted by Crippen LogP contribution is 2.27. The standard InChI is InChI=1S/C20H23ClN4O/c1-3-25(4-2)18(14-9-5-7-11-16(14)21)13-22-20(26)19-15-10-6-8-12-17(15)23-24-19/h5-12,18H,3-4,13H2,1-2H3,(H,22,26)(H,23,24). The number of rotatable bonds is 7. The van der Waals surface area contributed by atoms with Gasteiger partial charge in [0, 0.05) is 17.0 Å². The number of H-pyrrole nitrogens is 1. The van der Waals surface area contributed by atoms with Crippen molar-refractivity contribution in [2.24, 2.45) is 0 Å². The van der Waals surface area contributed by atoms with Gasteiger partial charge in [-0.25, -0.2) is 0 Å². The SMILES string of the molecule is CCN(CC)C(CNC(=O)c1n[nH]c2ccccc12)c1ccccc1Cl. The minimum absolute atomic E-state index is 0.00727. The quantitative estimate of drug-likeness (QED) is 0.660. The van der Waals surface area contributed by atoms with Crippen molar-refractivity contribution in [3.05, 3.63) is 64.8 Å². The lowest BCUT2D eigenvalue weighted by Gasteiger charge is -2.30. The van der Waals surface area contributed by atoms with Gasteiger partial charge < -0.3 is 5.32 Å². The number of hydrogen-bond acceptors (Lipinski definition) is 3. The molecule has 0 aliphatic heterocycles. The number of nitrogens with zero attached hydrogens (tertiary/aromatic N) is 2. The first-order chi connectivity index (χ1) is 12.7. The summed E-state index contributed by atoms with van der Waals surface area (Å²) in [5.41, 5.74) is 2.28. The van der Waals surface area contributed by atoms with Crippen LogP contribution in [0.3, 0.4) is 0 Å². The highest BCUT2D eigenvalue weighted by atomic mass is 35.5. The number of para-hydroxylation sites is 1. The van der Waals surface area contributed by atoms with E-state index in [4.69, 9.17) is 11.6 Å². The second-order valence-electron chi connectivity index (χ2n) is 6.09. The molecule has 0 bridgehead atoms. The predicted octanol–water partition coefficient (Wildman–Crippen LogP) is 4.03. The molecular formula is C20H23ClN4O. The Morgan fingerprint density at radius 1 is 1.15 bits per heavy atom. The van der Waals surface area contributed by atoms with E-state index in [-0.39, 0.29) is 11.9 Å². The maximum absolute atomic E-state index is 12.7. The van der Waals surface area contributed by atoms with Gasteiger partial charge in [-0.1, -0.05) is 61.8 Å². The Hall–Kier alpha value is -2.37. The minimum Gasteiger partial charge on any atom is -0.349 e. The van der Waals surface area contributed by atoms with Gasteiger partial charge in [-0.15, -0.1) is 0 Å². The molecule has 2 aromatic carbocycles. The topological polar surface area (TPSA) is 61.0 Å². The van der Waals surface area contributed by atoms with Crippen molar-refractivity contribution in [2.45, 2.75) is 19.9 Å². The van der Waals surface area contributed by atoms with Crippen LogP contribution < -0.4 is 5.32 Å². The summed E-state index contributed by atoms with van der Waals surface area (Å²) in [6.07, 6.45) is 0. The fourth-order valence-corrected chi connectivity index (χ4v) is 3.52. The molecule has 0 saturated carbocycles. The van der Waals surface area contributed by atoms with Gasteiger partial charge in [0.2, 0.25) is 0 Å². The van der Waals surface area contributed by atoms with E-state index in [2.05, 4.69) is 34.3 Å². The van der Waals surface area contributed by atoms with Crippen LogP contribution in [0.1, 0.15) is 35.9 Å². The average molecular weight is 371 g/mol. The zero-order valence-corrected chi connectivity index (χ0v) is 15.8. The lowest BCUT2D eigenvalue weighted by molar-refractivity contribution is 0.0931. The number of nitrogens with one attached hydrogen (secondary N) is 2. The summed E-state index contributed by atoms with van der Waals surface area (Å²) >= 11 is 6.41. The number of carbonyl (C=O) groups excluding carboxylic acids is 1. The van der Waals surface area contributed by atoms with Crippen LogP contribution in [0.4, 0.5) is 0 Å². The van der Waals surface area contributed by atoms with E-state index in [1.54, 1.807) is 0 Å². The molecule has 0 radical (unpaired) electrons. The number of likely N-dealkylation sites (N-methyl/N-ethyl adjacent to an activating group) is 1. The number of carbonyl (C=O) groups is 1. The minimum atomic E-state index is -0.188. The van der Waals surface area contributed by atoms with E-state index in [1.165, 1.54) is 0 Å². The lowest BCUT2D eigenvalue weighted by Crippen LogP contribution is -2.38. The Kier molecular flexibility index (Phi) is 5.91. The molecule has 5 nitrogen and oxygen atoms in total. The molecule has 1 atom stereocenters. The molecule has 2 N–H and O–H groups in total. The molecule has 1 aromatic heterocycles. The van der Waals surface area contributed by atoms with Crippen molar-refractivity contribution < 1.29 is 4.79 Å². The van der Waals surface area contributed by atoms with E-state index in [1.807, 2.05) is 48.5 Å². The molecule has 0 saturated heterocycles. The Labute approximate surface area is 158 Å². The first-order valence-corrected chi connectivity index (χ1v) is 9.23. The number of hydrogen-bond donors (Lipinski definition) is 2. The number of halogens is 1. The van der Waals surface area contributed by atoms with Gasteiger partial charge in [0.05, 0.1) is 11.6 Å². The summed E-state index contributed by atoms with van der Waals surface area (Å²) in [6.45, 7) is 6.42. The second kappa shape index (κ2) is 8.34. The van der Waals surface area contributed by atoms with Crippen LogP contribution in [-0.4, -0.2) is 40.6 Å². The molecule has 1 amide bonds. The molecule has 3 rings (SSSR count). The third kappa shape index (κ3) is 3.74. The molecule has 0 aliphatic rings. The third-order valence-electron chi connectivity index (χ3n) is 4.66. The normalized spacial score (nSPS) is 12.5. The van der Waals surface area contributed by atoms with Crippen LogP contribution in [-0.2, 0) is 0 Å². The van der Waals surface area contributed by atoms with E-state index in [0.717, 1.165) is 29.6 Å². The first-order valence-electron chi connectivity index (χ1n) is 8.85. The van der Waals surface area contributed by atoms with Gasteiger partial charge in [-0.05, 0) is 30.8 Å². The van der Waals surface area contributed by atoms with E-state index in [9.17, 15) is 4.79 Å².